The topological polar surface area (TPSA) is 108 Å². The van der Waals surface area contributed by atoms with E-state index in [9.17, 15) is 19.5 Å². The number of aryl methyl sites for hydroxylation is 1. The van der Waals surface area contributed by atoms with Gasteiger partial charge in [-0.25, -0.2) is 0 Å². The molecule has 8 heteroatoms. The number of hydrogen-bond donors (Lipinski definition) is 3. The number of aliphatic carboxylic acids is 1. The third-order valence-electron chi connectivity index (χ3n) is 6.86. The summed E-state index contributed by atoms with van der Waals surface area (Å²) in [5.74, 6) is -2.90. The summed E-state index contributed by atoms with van der Waals surface area (Å²) < 4.78 is 0. The fourth-order valence-electron chi connectivity index (χ4n) is 5.38. The highest BCUT2D eigenvalue weighted by Gasteiger charge is 2.51. The van der Waals surface area contributed by atoms with E-state index >= 15 is 0 Å². The van der Waals surface area contributed by atoms with Crippen LogP contribution in [0.2, 0.25) is 0 Å². The maximum atomic E-state index is 13.2. The lowest BCUT2D eigenvalue weighted by Crippen LogP contribution is -2.36. The van der Waals surface area contributed by atoms with Crippen molar-refractivity contribution in [3.63, 3.8) is 0 Å². The van der Waals surface area contributed by atoms with Crippen molar-refractivity contribution in [3.05, 3.63) is 58.2 Å². The summed E-state index contributed by atoms with van der Waals surface area (Å²) in [6.45, 7) is 0.350. The van der Waals surface area contributed by atoms with Crippen LogP contribution >= 0.6 is 11.3 Å². The molecule has 0 radical (unpaired) electrons. The largest absolute Gasteiger partial charge is 0.481 e. The zero-order valence-electron chi connectivity index (χ0n) is 17.5. The number of nitrogens with one attached hydrogen (secondary N) is 2. The quantitative estimate of drug-likeness (QED) is 0.583. The summed E-state index contributed by atoms with van der Waals surface area (Å²) in [6, 6.07) is 3.72. The van der Waals surface area contributed by atoms with Crippen LogP contribution in [0, 0.1) is 23.7 Å². The first-order valence-electron chi connectivity index (χ1n) is 11.1. The van der Waals surface area contributed by atoms with Gasteiger partial charge in [-0.05, 0) is 61.1 Å². The summed E-state index contributed by atoms with van der Waals surface area (Å²) in [4.78, 5) is 43.5. The van der Waals surface area contributed by atoms with Crippen LogP contribution in [-0.4, -0.2) is 27.9 Å². The normalized spacial score (nSPS) is 25.4. The summed E-state index contributed by atoms with van der Waals surface area (Å²) in [7, 11) is 0. The molecule has 2 aromatic rings. The van der Waals surface area contributed by atoms with Crippen molar-refractivity contribution in [2.75, 3.05) is 5.32 Å². The van der Waals surface area contributed by atoms with Gasteiger partial charge in [0.1, 0.15) is 5.00 Å². The van der Waals surface area contributed by atoms with Gasteiger partial charge in [-0.15, -0.1) is 11.3 Å². The fraction of sp³-hybridized carbons (Fsp3) is 0.417. The van der Waals surface area contributed by atoms with Crippen molar-refractivity contribution in [2.45, 2.75) is 38.6 Å². The molecule has 2 heterocycles. The van der Waals surface area contributed by atoms with E-state index in [0.29, 0.717) is 23.5 Å². The molecule has 2 bridgehead atoms. The van der Waals surface area contributed by atoms with Crippen molar-refractivity contribution < 1.29 is 19.5 Å². The van der Waals surface area contributed by atoms with Crippen LogP contribution in [0.5, 0.6) is 0 Å². The van der Waals surface area contributed by atoms with Crippen LogP contribution in [0.15, 0.2) is 36.7 Å². The maximum Gasteiger partial charge on any atom is 0.307 e. The SMILES string of the molecule is O=C(NCc1cccnc1)c1c(NC(=O)[C@H]2[C@@H](C(=O)O)[C@H]3C=C[C@@H]2C3)sc2c1CCCC2. The number of carbonyl (C=O) groups is 3. The Morgan fingerprint density at radius 3 is 2.66 bits per heavy atom. The molecular weight excluding hydrogens is 426 g/mol. The Hall–Kier alpha value is -3.00. The van der Waals surface area contributed by atoms with E-state index < -0.39 is 17.8 Å². The lowest BCUT2D eigenvalue weighted by Gasteiger charge is -2.23. The Balaban J connectivity index is 1.39. The number of anilines is 1. The van der Waals surface area contributed by atoms with Gasteiger partial charge in [-0.2, -0.15) is 0 Å². The van der Waals surface area contributed by atoms with Crippen LogP contribution in [0.3, 0.4) is 0 Å². The predicted octanol–water partition coefficient (Wildman–Crippen LogP) is 3.41. The molecule has 1 saturated carbocycles. The molecule has 0 spiro atoms. The van der Waals surface area contributed by atoms with E-state index in [4.69, 9.17) is 0 Å². The van der Waals surface area contributed by atoms with Gasteiger partial charge in [-0.1, -0.05) is 18.2 Å². The first kappa shape index (κ1) is 20.9. The molecule has 7 nitrogen and oxygen atoms in total. The number of carbonyl (C=O) groups excluding carboxylic acids is 2. The highest BCUT2D eigenvalue weighted by molar-refractivity contribution is 7.17. The molecule has 2 amide bonds. The van der Waals surface area contributed by atoms with Gasteiger partial charge >= 0.3 is 5.97 Å². The van der Waals surface area contributed by atoms with Gasteiger partial charge in [0.25, 0.3) is 5.91 Å². The zero-order chi connectivity index (χ0) is 22.2. The fourth-order valence-corrected chi connectivity index (χ4v) is 6.67. The van der Waals surface area contributed by atoms with E-state index in [1.54, 1.807) is 12.4 Å². The first-order chi connectivity index (χ1) is 15.5. The number of nitrogens with zero attached hydrogens (tertiary/aromatic N) is 1. The van der Waals surface area contributed by atoms with Crippen molar-refractivity contribution in [3.8, 4) is 0 Å². The number of thiophene rings is 1. The Morgan fingerprint density at radius 2 is 1.91 bits per heavy atom. The van der Waals surface area contributed by atoms with Crippen molar-refractivity contribution in [2.24, 2.45) is 23.7 Å². The highest BCUT2D eigenvalue weighted by atomic mass is 32.1. The number of hydrogen-bond acceptors (Lipinski definition) is 5. The summed E-state index contributed by atoms with van der Waals surface area (Å²) in [5, 5.41) is 16.2. The molecule has 0 aromatic carbocycles. The van der Waals surface area contributed by atoms with Gasteiger partial charge < -0.3 is 15.7 Å². The van der Waals surface area contributed by atoms with Crippen LogP contribution in [-0.2, 0) is 29.0 Å². The molecule has 4 atom stereocenters. The number of amides is 2. The molecule has 0 unspecified atom stereocenters. The minimum Gasteiger partial charge on any atom is -0.481 e. The van der Waals surface area contributed by atoms with Crippen LogP contribution in [0.1, 0.15) is 45.6 Å². The molecule has 3 aliphatic carbocycles. The number of carboxylic acid groups (broad SMARTS) is 1. The van der Waals surface area contributed by atoms with E-state index in [2.05, 4.69) is 15.6 Å². The van der Waals surface area contributed by atoms with E-state index in [1.807, 2.05) is 24.3 Å². The molecule has 0 saturated heterocycles. The standard InChI is InChI=1S/C24H25N3O4S/c28-21(26-12-13-4-3-9-25-11-13)20-16-5-1-2-6-17(16)32-23(20)27-22(29)18-14-7-8-15(10-14)19(18)24(30)31/h3-4,7-9,11,14-15,18-19H,1-2,5-6,10,12H2,(H,26,28)(H,27,29)(H,30,31)/t14-,15+,18-,19+/m1/s1. The van der Waals surface area contributed by atoms with Gasteiger partial charge in [0.05, 0.1) is 17.4 Å². The van der Waals surface area contributed by atoms with E-state index in [-0.39, 0.29) is 23.7 Å². The molecule has 0 aliphatic heterocycles. The summed E-state index contributed by atoms with van der Waals surface area (Å²) >= 11 is 1.46. The van der Waals surface area contributed by atoms with Crippen molar-refractivity contribution >= 4 is 34.1 Å². The lowest BCUT2D eigenvalue weighted by atomic mass is 9.82. The molecule has 5 rings (SSSR count). The molecule has 166 valence electrons. The van der Waals surface area contributed by atoms with Gasteiger partial charge in [0.2, 0.25) is 5.91 Å². The monoisotopic (exact) mass is 451 g/mol. The van der Waals surface area contributed by atoms with E-state index in [0.717, 1.165) is 41.7 Å². The van der Waals surface area contributed by atoms with Crippen molar-refractivity contribution in [1.29, 1.82) is 0 Å². The number of fused-ring (bicyclic) bond motifs is 3. The second-order valence-corrected chi connectivity index (χ2v) is 9.89. The number of allylic oxidation sites excluding steroid dienone is 2. The van der Waals surface area contributed by atoms with E-state index in [1.165, 1.54) is 11.3 Å². The zero-order valence-corrected chi connectivity index (χ0v) is 18.4. The minimum atomic E-state index is -0.929. The van der Waals surface area contributed by atoms with Crippen LogP contribution in [0.4, 0.5) is 5.00 Å². The number of rotatable bonds is 6. The van der Waals surface area contributed by atoms with Crippen LogP contribution in [0.25, 0.3) is 0 Å². The second-order valence-electron chi connectivity index (χ2n) is 8.79. The Kier molecular flexibility index (Phi) is 5.55. The summed E-state index contributed by atoms with van der Waals surface area (Å²) in [6.07, 6.45) is 11.8. The lowest BCUT2D eigenvalue weighted by molar-refractivity contribution is -0.146. The minimum absolute atomic E-state index is 0.0569. The number of carboxylic acids is 1. The highest BCUT2D eigenvalue weighted by Crippen LogP contribution is 2.49. The number of aromatic nitrogens is 1. The smallest absolute Gasteiger partial charge is 0.307 e. The van der Waals surface area contributed by atoms with Gasteiger partial charge in [0, 0.05) is 23.8 Å². The molecule has 32 heavy (non-hydrogen) atoms. The third-order valence-corrected chi connectivity index (χ3v) is 8.07. The van der Waals surface area contributed by atoms with Gasteiger partial charge in [-0.3, -0.25) is 19.4 Å². The first-order valence-corrected chi connectivity index (χ1v) is 11.9. The number of pyridine rings is 1. The molecule has 3 aliphatic rings. The molecular formula is C24H25N3O4S. The average Bonchev–Trinajstić information content (AvgIpc) is 3.50. The molecule has 1 fully saturated rings. The molecule has 2 aromatic heterocycles. The average molecular weight is 452 g/mol. The Bertz CT molecular complexity index is 1090. The van der Waals surface area contributed by atoms with Crippen molar-refractivity contribution in [1.82, 2.24) is 10.3 Å². The second kappa shape index (κ2) is 8.50. The Labute approximate surface area is 189 Å². The summed E-state index contributed by atoms with van der Waals surface area (Å²) in [5.41, 5.74) is 2.45. The van der Waals surface area contributed by atoms with Crippen LogP contribution < -0.4 is 10.6 Å². The molecule has 3 N–H and O–H groups in total. The Morgan fingerprint density at radius 1 is 1.12 bits per heavy atom. The maximum absolute atomic E-state index is 13.2. The third kappa shape index (κ3) is 3.72. The van der Waals surface area contributed by atoms with Gasteiger partial charge in [0.15, 0.2) is 0 Å². The predicted molar refractivity (Wildman–Crippen MR) is 120 cm³/mol.